The van der Waals surface area contributed by atoms with E-state index in [1.165, 1.54) is 44.9 Å². The van der Waals surface area contributed by atoms with Crippen molar-refractivity contribution in [2.75, 3.05) is 11.5 Å². The maximum atomic E-state index is 6.08. The van der Waals surface area contributed by atoms with Crippen molar-refractivity contribution in [1.82, 2.24) is 14.5 Å². The Morgan fingerprint density at radius 2 is 1.55 bits per heavy atom. The average molecular weight is 505 g/mol. The van der Waals surface area contributed by atoms with Crippen molar-refractivity contribution < 1.29 is 32.7 Å². The number of nitrogens with zero attached hydrogens (tertiary/aromatic N) is 3. The minimum Gasteiger partial charge on any atom is -0.397 e. The molecule has 2 heterocycles. The summed E-state index contributed by atoms with van der Waals surface area (Å²) in [5.41, 5.74) is 13.5. The van der Waals surface area contributed by atoms with Crippen LogP contribution in [0.2, 0.25) is 0 Å². The van der Waals surface area contributed by atoms with Crippen molar-refractivity contribution in [2.45, 2.75) is 92.5 Å². The fourth-order valence-electron chi connectivity index (χ4n) is 4.77. The van der Waals surface area contributed by atoms with Gasteiger partial charge in [-0.1, -0.05) is 60.3 Å². The second-order valence-corrected chi connectivity index (χ2v) is 8.82. The Hall–Kier alpha value is -0.676. The molecule has 4 rings (SSSR count). The van der Waals surface area contributed by atoms with E-state index in [0.717, 1.165) is 23.4 Å². The van der Waals surface area contributed by atoms with Gasteiger partial charge in [-0.25, -0.2) is 9.97 Å². The third-order valence-corrected chi connectivity index (χ3v) is 6.93. The summed E-state index contributed by atoms with van der Waals surface area (Å²) in [5, 5.41) is 0.793. The number of hydrogen-bond acceptors (Lipinski definition) is 4. The normalized spacial score (nSPS) is 25.7. The van der Waals surface area contributed by atoms with Crippen LogP contribution >= 0.6 is 0 Å². The Balaban J connectivity index is 0.000000640. The smallest absolute Gasteiger partial charge is 0.147 e. The van der Waals surface area contributed by atoms with E-state index in [1.54, 1.807) is 5.92 Å². The fraction of sp³-hybridized carbons (Fsp3) is 0.680. The Labute approximate surface area is 216 Å². The van der Waals surface area contributed by atoms with Crippen LogP contribution in [-0.2, 0) is 32.7 Å². The van der Waals surface area contributed by atoms with Crippen molar-refractivity contribution >= 4 is 22.5 Å². The van der Waals surface area contributed by atoms with Gasteiger partial charge in [0, 0.05) is 44.9 Å². The first-order chi connectivity index (χ1) is 13.9. The monoisotopic (exact) mass is 504 g/mol. The maximum Gasteiger partial charge on any atom is 0.147 e. The predicted molar refractivity (Wildman–Crippen MR) is 132 cm³/mol. The number of aromatic nitrogens is 3. The van der Waals surface area contributed by atoms with Crippen LogP contribution in [0.1, 0.15) is 92.5 Å². The quantitative estimate of drug-likeness (QED) is 0.328. The molecule has 4 atom stereocenters. The molecule has 0 bridgehead atoms. The molecular weight excluding hydrogens is 459 g/mol. The predicted octanol–water partition coefficient (Wildman–Crippen LogP) is 6.86. The van der Waals surface area contributed by atoms with Crippen LogP contribution in [-0.4, -0.2) is 14.5 Å². The Morgan fingerprint density at radius 3 is 2.06 bits per heavy atom. The third kappa shape index (κ3) is 7.42. The van der Waals surface area contributed by atoms with Gasteiger partial charge in [0.1, 0.15) is 17.8 Å². The first-order valence-corrected chi connectivity index (χ1v) is 11.6. The molecule has 2 fully saturated rings. The molecule has 0 aromatic carbocycles. The summed E-state index contributed by atoms with van der Waals surface area (Å²) in [6, 6.07) is 0.444. The number of anilines is 2. The molecule has 4 unspecified atom stereocenters. The summed E-state index contributed by atoms with van der Waals surface area (Å²) >= 11 is 0. The van der Waals surface area contributed by atoms with Gasteiger partial charge in [0.2, 0.25) is 0 Å². The van der Waals surface area contributed by atoms with Crippen molar-refractivity contribution in [2.24, 2.45) is 17.8 Å². The fourth-order valence-corrected chi connectivity index (χ4v) is 4.77. The molecule has 0 spiro atoms. The van der Waals surface area contributed by atoms with E-state index in [2.05, 4.69) is 42.2 Å². The van der Waals surface area contributed by atoms with Gasteiger partial charge in [0.25, 0.3) is 0 Å². The van der Waals surface area contributed by atoms with Crippen LogP contribution in [0.4, 0.5) is 11.5 Å². The molecule has 2 aliphatic carbocycles. The molecule has 2 aromatic rings. The van der Waals surface area contributed by atoms with Gasteiger partial charge in [0.15, 0.2) is 0 Å². The van der Waals surface area contributed by atoms with Crippen molar-refractivity contribution in [3.63, 3.8) is 0 Å². The number of fused-ring (bicyclic) bond motifs is 1. The van der Waals surface area contributed by atoms with Crippen LogP contribution < -0.4 is 11.5 Å². The van der Waals surface area contributed by atoms with Gasteiger partial charge in [-0.05, 0) is 24.2 Å². The van der Waals surface area contributed by atoms with E-state index < -0.39 is 0 Å². The maximum absolute atomic E-state index is 6.08. The zero-order chi connectivity index (χ0) is 21.6. The van der Waals surface area contributed by atoms with Gasteiger partial charge < -0.3 is 29.4 Å². The van der Waals surface area contributed by atoms with Gasteiger partial charge in [-0.2, -0.15) is 19.8 Å². The SMILES string of the molecule is CC.CC1CC(n2cc(N)c3c(N)ncnc32)C(C)C1C.C[C-]1CCCCCC1.[CH3-].[Y]. The molecule has 175 valence electrons. The molecule has 6 heteroatoms. The minimum absolute atomic E-state index is 0. The molecule has 5 nitrogen and oxygen atoms in total. The van der Waals surface area contributed by atoms with Crippen molar-refractivity contribution in [3.8, 4) is 0 Å². The van der Waals surface area contributed by atoms with E-state index in [-0.39, 0.29) is 40.1 Å². The molecule has 2 aliphatic rings. The molecule has 2 aromatic heterocycles. The number of rotatable bonds is 1. The summed E-state index contributed by atoms with van der Waals surface area (Å²) in [4.78, 5) is 8.41. The van der Waals surface area contributed by atoms with E-state index in [0.29, 0.717) is 29.4 Å². The van der Waals surface area contributed by atoms with Gasteiger partial charge in [-0.15, -0.1) is 0 Å². The second-order valence-electron chi connectivity index (χ2n) is 8.82. The topological polar surface area (TPSA) is 82.8 Å². The van der Waals surface area contributed by atoms with E-state index in [9.17, 15) is 0 Å². The van der Waals surface area contributed by atoms with Gasteiger partial charge >= 0.3 is 0 Å². The van der Waals surface area contributed by atoms with Crippen LogP contribution in [0, 0.1) is 31.1 Å². The molecule has 0 amide bonds. The van der Waals surface area contributed by atoms with Crippen LogP contribution in [0.15, 0.2) is 12.5 Å². The Morgan fingerprint density at radius 1 is 0.968 bits per heavy atom. The van der Waals surface area contributed by atoms with Crippen LogP contribution in [0.5, 0.6) is 0 Å². The van der Waals surface area contributed by atoms with Gasteiger partial charge in [-0.3, -0.25) is 0 Å². The minimum atomic E-state index is 0. The number of hydrogen-bond donors (Lipinski definition) is 2. The number of nitrogens with two attached hydrogens (primary N) is 2. The molecule has 1 radical (unpaired) electrons. The van der Waals surface area contributed by atoms with E-state index in [4.69, 9.17) is 11.5 Å². The largest absolute Gasteiger partial charge is 0.397 e. The summed E-state index contributed by atoms with van der Waals surface area (Å²) in [7, 11) is 0. The Bertz CT molecular complexity index is 752. The molecule has 4 N–H and O–H groups in total. The molecule has 0 saturated heterocycles. The van der Waals surface area contributed by atoms with Crippen LogP contribution in [0.25, 0.3) is 11.0 Å². The summed E-state index contributed by atoms with van der Waals surface area (Å²) < 4.78 is 2.20. The molecule has 2 saturated carbocycles. The standard InChI is InChI=1S/C14H21N5.C8H15.C2H6.CH3.Y/c1-7-4-11(9(3)8(7)2)19-5-10(15)12-13(16)17-6-18-14(12)19;1-8-6-4-2-3-5-7-8;1-2;;/h5-9,11H,4,15H2,1-3H3,(H2,16,17,18);2-7H2,1H3;1-2H3;1H3;/q;-1;;-1;. The van der Waals surface area contributed by atoms with Crippen molar-refractivity contribution in [3.05, 3.63) is 25.9 Å². The summed E-state index contributed by atoms with van der Waals surface area (Å²) in [5.74, 6) is 4.23. The van der Waals surface area contributed by atoms with E-state index >= 15 is 0 Å². The first kappa shape index (κ1) is 30.3. The molecule has 0 aliphatic heterocycles. The second kappa shape index (κ2) is 14.5. The summed E-state index contributed by atoms with van der Waals surface area (Å²) in [6.45, 7) is 13.3. The number of nitrogen functional groups attached to an aromatic ring is 2. The molecular formula is C25H45N5Y-2. The average Bonchev–Trinajstić information content (AvgIpc) is 3.05. The summed E-state index contributed by atoms with van der Waals surface area (Å²) in [6.07, 6.45) is 13.3. The van der Waals surface area contributed by atoms with E-state index in [1.807, 2.05) is 20.0 Å². The Kier molecular flexibility index (Phi) is 14.2. The molecule has 31 heavy (non-hydrogen) atoms. The van der Waals surface area contributed by atoms with Gasteiger partial charge in [0.05, 0.1) is 11.1 Å². The zero-order valence-corrected chi connectivity index (χ0v) is 23.8. The third-order valence-electron chi connectivity index (χ3n) is 6.93. The van der Waals surface area contributed by atoms with Crippen LogP contribution in [0.3, 0.4) is 0 Å². The first-order valence-electron chi connectivity index (χ1n) is 11.6. The zero-order valence-electron chi connectivity index (χ0n) is 21.0. The van der Waals surface area contributed by atoms with Crippen molar-refractivity contribution in [1.29, 1.82) is 0 Å².